The highest BCUT2D eigenvalue weighted by Gasteiger charge is 2.34. The maximum absolute atomic E-state index is 12.7. The van der Waals surface area contributed by atoms with Crippen molar-refractivity contribution in [3.05, 3.63) is 33.9 Å². The Bertz CT molecular complexity index is 643. The van der Waals surface area contributed by atoms with Gasteiger partial charge in [0.1, 0.15) is 5.69 Å². The highest BCUT2D eigenvalue weighted by atomic mass is 19.4. The van der Waals surface area contributed by atoms with Gasteiger partial charge in [0.15, 0.2) is 0 Å². The molecule has 1 aliphatic rings. The minimum Gasteiger partial charge on any atom is -0.368 e. The molecule has 0 aromatic heterocycles. The minimum atomic E-state index is -4.64. The second-order valence-electron chi connectivity index (χ2n) is 5.56. The molecule has 0 radical (unpaired) electrons. The van der Waals surface area contributed by atoms with Crippen LogP contribution in [0.15, 0.2) is 18.2 Å². The molecule has 1 fully saturated rings. The van der Waals surface area contributed by atoms with Crippen molar-refractivity contribution in [2.75, 3.05) is 31.1 Å². The molecule has 1 aliphatic heterocycles. The number of amides is 1. The van der Waals surface area contributed by atoms with Crippen molar-refractivity contribution in [2.24, 2.45) is 5.73 Å². The Morgan fingerprint density at radius 3 is 2.33 bits per heavy atom. The number of hydrogen-bond acceptors (Lipinski definition) is 5. The summed E-state index contributed by atoms with van der Waals surface area (Å²) in [7, 11) is 0. The van der Waals surface area contributed by atoms with E-state index < -0.39 is 34.3 Å². The van der Waals surface area contributed by atoms with Crippen molar-refractivity contribution >= 4 is 17.3 Å². The molecule has 1 aromatic rings. The van der Waals surface area contributed by atoms with Gasteiger partial charge in [-0.15, -0.1) is 0 Å². The van der Waals surface area contributed by atoms with Crippen LogP contribution in [0.5, 0.6) is 0 Å². The molecule has 132 valence electrons. The summed E-state index contributed by atoms with van der Waals surface area (Å²) < 4.78 is 38.2. The van der Waals surface area contributed by atoms with Gasteiger partial charge in [-0.05, 0) is 19.1 Å². The SMILES string of the molecule is C[C@@H](C(N)=O)N1CCN(c2ccc(C(F)(F)F)cc2[N+](=O)[O-])CC1. The summed E-state index contributed by atoms with van der Waals surface area (Å²) in [6.07, 6.45) is -4.64. The third kappa shape index (κ3) is 3.75. The van der Waals surface area contributed by atoms with E-state index in [-0.39, 0.29) is 5.69 Å². The van der Waals surface area contributed by atoms with Gasteiger partial charge in [0, 0.05) is 32.2 Å². The average Bonchev–Trinajstić information content (AvgIpc) is 2.52. The van der Waals surface area contributed by atoms with Crippen molar-refractivity contribution in [1.29, 1.82) is 0 Å². The Hall–Kier alpha value is -2.36. The van der Waals surface area contributed by atoms with E-state index in [9.17, 15) is 28.1 Å². The number of nitrogens with zero attached hydrogens (tertiary/aromatic N) is 3. The zero-order chi connectivity index (χ0) is 18.1. The van der Waals surface area contributed by atoms with Crippen LogP contribution in [0.2, 0.25) is 0 Å². The summed E-state index contributed by atoms with van der Waals surface area (Å²) in [4.78, 5) is 25.0. The van der Waals surface area contributed by atoms with Gasteiger partial charge in [0.25, 0.3) is 5.69 Å². The van der Waals surface area contributed by atoms with Gasteiger partial charge in [0.2, 0.25) is 5.91 Å². The molecule has 7 nitrogen and oxygen atoms in total. The largest absolute Gasteiger partial charge is 0.416 e. The monoisotopic (exact) mass is 346 g/mol. The van der Waals surface area contributed by atoms with Gasteiger partial charge < -0.3 is 10.6 Å². The highest BCUT2D eigenvalue weighted by molar-refractivity contribution is 5.79. The summed E-state index contributed by atoms with van der Waals surface area (Å²) in [5.41, 5.74) is 3.74. The molecule has 10 heteroatoms. The number of benzene rings is 1. The highest BCUT2D eigenvalue weighted by Crippen LogP contribution is 2.36. The topological polar surface area (TPSA) is 92.7 Å². The van der Waals surface area contributed by atoms with Gasteiger partial charge in [-0.1, -0.05) is 0 Å². The Morgan fingerprint density at radius 2 is 1.88 bits per heavy atom. The number of anilines is 1. The number of alkyl halides is 3. The molecule has 0 aliphatic carbocycles. The smallest absolute Gasteiger partial charge is 0.368 e. The van der Waals surface area contributed by atoms with Crippen molar-refractivity contribution in [3.8, 4) is 0 Å². The van der Waals surface area contributed by atoms with Gasteiger partial charge in [-0.3, -0.25) is 19.8 Å². The summed E-state index contributed by atoms with van der Waals surface area (Å²) in [5.74, 6) is -0.469. The quantitative estimate of drug-likeness (QED) is 0.660. The molecule has 2 rings (SSSR count). The van der Waals surface area contributed by atoms with Crippen molar-refractivity contribution in [3.63, 3.8) is 0 Å². The second kappa shape index (κ2) is 6.63. The first-order valence-corrected chi connectivity index (χ1v) is 7.25. The molecule has 1 amide bonds. The molecule has 0 spiro atoms. The zero-order valence-corrected chi connectivity index (χ0v) is 12.9. The first kappa shape index (κ1) is 18.0. The van der Waals surface area contributed by atoms with E-state index in [0.717, 1.165) is 12.1 Å². The van der Waals surface area contributed by atoms with E-state index in [2.05, 4.69) is 0 Å². The number of nitro benzene ring substituents is 1. The van der Waals surface area contributed by atoms with Crippen LogP contribution in [-0.2, 0) is 11.0 Å². The second-order valence-corrected chi connectivity index (χ2v) is 5.56. The fourth-order valence-electron chi connectivity index (χ4n) is 2.64. The van der Waals surface area contributed by atoms with Crippen LogP contribution in [0, 0.1) is 10.1 Å². The molecule has 24 heavy (non-hydrogen) atoms. The third-order valence-corrected chi connectivity index (χ3v) is 4.11. The molecule has 1 atom stereocenters. The van der Waals surface area contributed by atoms with Gasteiger partial charge in [-0.2, -0.15) is 13.2 Å². The molecule has 1 heterocycles. The first-order valence-electron chi connectivity index (χ1n) is 7.25. The van der Waals surface area contributed by atoms with Crippen LogP contribution in [0.4, 0.5) is 24.5 Å². The Morgan fingerprint density at radius 1 is 1.29 bits per heavy atom. The summed E-state index contributed by atoms with van der Waals surface area (Å²) in [5, 5.41) is 11.1. The van der Waals surface area contributed by atoms with Gasteiger partial charge >= 0.3 is 6.18 Å². The van der Waals surface area contributed by atoms with E-state index in [0.29, 0.717) is 32.2 Å². The van der Waals surface area contributed by atoms with Crippen LogP contribution in [0.25, 0.3) is 0 Å². The molecule has 1 saturated heterocycles. The molecule has 0 bridgehead atoms. The van der Waals surface area contributed by atoms with E-state index in [1.807, 2.05) is 4.90 Å². The van der Waals surface area contributed by atoms with Crippen molar-refractivity contribution < 1.29 is 22.9 Å². The number of halogens is 3. The number of nitro groups is 1. The molecule has 1 aromatic carbocycles. The average molecular weight is 346 g/mol. The van der Waals surface area contributed by atoms with Crippen LogP contribution >= 0.6 is 0 Å². The summed E-state index contributed by atoms with van der Waals surface area (Å²) >= 11 is 0. The molecule has 2 N–H and O–H groups in total. The number of hydrogen-bond donors (Lipinski definition) is 1. The Balaban J connectivity index is 2.21. The summed E-state index contributed by atoms with van der Waals surface area (Å²) in [6.45, 7) is 3.23. The normalized spacial score (nSPS) is 17.6. The number of carbonyl (C=O) groups excluding carboxylic acids is 1. The maximum Gasteiger partial charge on any atom is 0.416 e. The van der Waals surface area contributed by atoms with Crippen LogP contribution in [0.3, 0.4) is 0 Å². The number of primary amides is 1. The first-order chi connectivity index (χ1) is 11.1. The third-order valence-electron chi connectivity index (χ3n) is 4.11. The number of carbonyl (C=O) groups is 1. The lowest BCUT2D eigenvalue weighted by Gasteiger charge is -2.37. The number of piperazine rings is 1. The maximum atomic E-state index is 12.7. The lowest BCUT2D eigenvalue weighted by Crippen LogP contribution is -2.53. The van der Waals surface area contributed by atoms with Gasteiger partial charge in [0.05, 0.1) is 16.5 Å². The summed E-state index contributed by atoms with van der Waals surface area (Å²) in [6, 6.07) is 2.04. The predicted molar refractivity (Wildman–Crippen MR) is 80.5 cm³/mol. The van der Waals surface area contributed by atoms with E-state index >= 15 is 0 Å². The molecular weight excluding hydrogens is 329 g/mol. The lowest BCUT2D eigenvalue weighted by atomic mass is 10.1. The Labute approximate surface area is 136 Å². The number of nitrogens with two attached hydrogens (primary N) is 1. The van der Waals surface area contributed by atoms with Crippen molar-refractivity contribution in [1.82, 2.24) is 4.90 Å². The predicted octanol–water partition coefficient (Wildman–Crippen LogP) is 1.61. The van der Waals surface area contributed by atoms with Gasteiger partial charge in [-0.25, -0.2) is 0 Å². The lowest BCUT2D eigenvalue weighted by molar-refractivity contribution is -0.384. The van der Waals surface area contributed by atoms with E-state index in [4.69, 9.17) is 5.73 Å². The standard InChI is InChI=1S/C14H17F3N4O3/c1-9(13(18)22)19-4-6-20(7-5-19)11-3-2-10(14(15,16)17)8-12(11)21(23)24/h2-3,8-9H,4-7H2,1H3,(H2,18,22)/t9-/m0/s1. The number of rotatable bonds is 4. The van der Waals surface area contributed by atoms with Crippen LogP contribution < -0.4 is 10.6 Å². The zero-order valence-electron chi connectivity index (χ0n) is 12.9. The molecular formula is C14H17F3N4O3. The van der Waals surface area contributed by atoms with E-state index in [1.165, 1.54) is 0 Å². The van der Waals surface area contributed by atoms with Crippen LogP contribution in [0.1, 0.15) is 12.5 Å². The van der Waals surface area contributed by atoms with Crippen molar-refractivity contribution in [2.45, 2.75) is 19.1 Å². The van der Waals surface area contributed by atoms with Crippen LogP contribution in [-0.4, -0.2) is 48.0 Å². The fourth-order valence-corrected chi connectivity index (χ4v) is 2.64. The minimum absolute atomic E-state index is 0.138. The molecule has 0 saturated carbocycles. The Kier molecular flexibility index (Phi) is 4.97. The van der Waals surface area contributed by atoms with E-state index in [1.54, 1.807) is 11.8 Å². The fraction of sp³-hybridized carbons (Fsp3) is 0.500. The molecule has 0 unspecified atom stereocenters.